The summed E-state index contributed by atoms with van der Waals surface area (Å²) in [6.45, 7) is -0.669. The number of phenols is 1. The van der Waals surface area contributed by atoms with Gasteiger partial charge in [0.25, 0.3) is 5.56 Å². The number of nitriles is 1. The van der Waals surface area contributed by atoms with Crippen LogP contribution in [0.2, 0.25) is 0 Å². The number of aromatic hydroxyl groups is 1. The van der Waals surface area contributed by atoms with Gasteiger partial charge in [0.2, 0.25) is 0 Å². The van der Waals surface area contributed by atoms with E-state index in [1.165, 1.54) is 17.5 Å². The lowest BCUT2D eigenvalue weighted by Crippen LogP contribution is -2.28. The lowest BCUT2D eigenvalue weighted by molar-refractivity contribution is -0.139. The van der Waals surface area contributed by atoms with Crippen LogP contribution in [0.5, 0.6) is 5.75 Å². The average Bonchev–Trinajstić information content (AvgIpc) is 3.30. The predicted octanol–water partition coefficient (Wildman–Crippen LogP) is 7.19. The minimum atomic E-state index is -5.11. The fourth-order valence-corrected chi connectivity index (χ4v) is 4.67. The van der Waals surface area contributed by atoms with Crippen molar-refractivity contribution in [3.05, 3.63) is 98.2 Å². The van der Waals surface area contributed by atoms with Crippen LogP contribution in [0.4, 0.5) is 35.1 Å². The topological polar surface area (TPSA) is 66.0 Å². The van der Waals surface area contributed by atoms with Crippen molar-refractivity contribution in [2.45, 2.75) is 18.9 Å². The Morgan fingerprint density at radius 3 is 2.18 bits per heavy atom. The number of pyridine rings is 1. The first kappa shape index (κ1) is 26.9. The van der Waals surface area contributed by atoms with Crippen molar-refractivity contribution in [3.63, 3.8) is 0 Å². The molecular formula is C25H12F8N2O2S. The summed E-state index contributed by atoms with van der Waals surface area (Å²) in [5.41, 5.74) is -6.06. The fraction of sp³-hybridized carbons (Fsp3) is 0.120. The van der Waals surface area contributed by atoms with Crippen LogP contribution >= 0.6 is 11.3 Å². The number of aromatic nitrogens is 1. The van der Waals surface area contributed by atoms with E-state index in [9.17, 15) is 50.3 Å². The van der Waals surface area contributed by atoms with Crippen LogP contribution in [0.3, 0.4) is 0 Å². The highest BCUT2D eigenvalue weighted by Crippen LogP contribution is 2.41. The van der Waals surface area contributed by atoms with Gasteiger partial charge in [0, 0.05) is 11.6 Å². The van der Waals surface area contributed by atoms with Gasteiger partial charge in [0.15, 0.2) is 0 Å². The highest BCUT2D eigenvalue weighted by Gasteiger charge is 2.37. The van der Waals surface area contributed by atoms with Crippen molar-refractivity contribution in [1.29, 1.82) is 5.26 Å². The highest BCUT2D eigenvalue weighted by atomic mass is 32.1. The minimum absolute atomic E-state index is 0.0174. The maximum absolute atomic E-state index is 14.3. The Labute approximate surface area is 212 Å². The summed E-state index contributed by atoms with van der Waals surface area (Å²) in [7, 11) is 0. The van der Waals surface area contributed by atoms with Crippen LogP contribution in [0, 0.1) is 23.0 Å². The van der Waals surface area contributed by atoms with Gasteiger partial charge >= 0.3 is 12.4 Å². The molecule has 0 aliphatic rings. The number of rotatable bonds is 4. The van der Waals surface area contributed by atoms with E-state index in [1.807, 2.05) is 0 Å². The van der Waals surface area contributed by atoms with Gasteiger partial charge in [0.1, 0.15) is 29.0 Å². The Kier molecular flexibility index (Phi) is 6.79. The number of thiophene rings is 1. The first-order valence-corrected chi connectivity index (χ1v) is 11.3. The van der Waals surface area contributed by atoms with Crippen LogP contribution in [-0.2, 0) is 18.9 Å². The maximum atomic E-state index is 14.3. The van der Waals surface area contributed by atoms with Gasteiger partial charge < -0.3 is 9.67 Å². The molecule has 2 heterocycles. The first-order valence-electron chi connectivity index (χ1n) is 10.4. The van der Waals surface area contributed by atoms with Gasteiger partial charge in [-0.3, -0.25) is 4.79 Å². The number of nitrogens with zero attached hydrogens (tertiary/aromatic N) is 2. The molecule has 0 radical (unpaired) electrons. The maximum Gasteiger partial charge on any atom is 0.419 e. The molecule has 0 amide bonds. The summed E-state index contributed by atoms with van der Waals surface area (Å²) in [4.78, 5) is 13.0. The average molecular weight is 556 g/mol. The molecule has 0 saturated heterocycles. The zero-order valence-corrected chi connectivity index (χ0v) is 19.4. The van der Waals surface area contributed by atoms with Crippen molar-refractivity contribution in [3.8, 4) is 33.5 Å². The van der Waals surface area contributed by atoms with E-state index < -0.39 is 64.2 Å². The molecule has 0 fully saturated rings. The smallest absolute Gasteiger partial charge is 0.419 e. The van der Waals surface area contributed by atoms with E-state index in [0.29, 0.717) is 22.8 Å². The Hall–Kier alpha value is -4.18. The number of benzene rings is 2. The van der Waals surface area contributed by atoms with Crippen LogP contribution in [0.1, 0.15) is 22.3 Å². The van der Waals surface area contributed by atoms with Crippen molar-refractivity contribution in [2.24, 2.45) is 0 Å². The molecule has 0 unspecified atom stereocenters. The number of alkyl halides is 6. The van der Waals surface area contributed by atoms with Crippen molar-refractivity contribution in [2.75, 3.05) is 0 Å². The molecule has 2 aromatic heterocycles. The molecule has 1 N–H and O–H groups in total. The monoisotopic (exact) mass is 556 g/mol. The Balaban J connectivity index is 1.92. The van der Waals surface area contributed by atoms with Gasteiger partial charge in [-0.05, 0) is 46.8 Å². The Bertz CT molecular complexity index is 1650. The van der Waals surface area contributed by atoms with Crippen molar-refractivity contribution < 1.29 is 40.2 Å². The summed E-state index contributed by atoms with van der Waals surface area (Å²) in [6.07, 6.45) is -9.99. The highest BCUT2D eigenvalue weighted by molar-refractivity contribution is 7.14. The quantitative estimate of drug-likeness (QED) is 0.271. The molecule has 2 aromatic carbocycles. The molecule has 0 aliphatic carbocycles. The molecular weight excluding hydrogens is 544 g/mol. The second-order valence-electron chi connectivity index (χ2n) is 7.98. The number of hydrogen-bond acceptors (Lipinski definition) is 4. The summed E-state index contributed by atoms with van der Waals surface area (Å²) in [6, 6.07) is 7.97. The first-order chi connectivity index (χ1) is 17.7. The van der Waals surface area contributed by atoms with Gasteiger partial charge in [-0.2, -0.15) is 31.6 Å². The van der Waals surface area contributed by atoms with Crippen LogP contribution in [0.25, 0.3) is 21.7 Å². The summed E-state index contributed by atoms with van der Waals surface area (Å²) < 4.78 is 109. The zero-order chi connectivity index (χ0) is 28.0. The molecule has 38 heavy (non-hydrogen) atoms. The molecule has 0 atom stereocenters. The molecule has 13 heteroatoms. The summed E-state index contributed by atoms with van der Waals surface area (Å²) in [5, 5.41) is 20.2. The third-order valence-corrected chi connectivity index (χ3v) is 6.50. The van der Waals surface area contributed by atoms with E-state index >= 15 is 0 Å². The van der Waals surface area contributed by atoms with Gasteiger partial charge in [-0.1, -0.05) is 12.1 Å². The fourth-order valence-electron chi connectivity index (χ4n) is 3.72. The molecule has 0 aliphatic heterocycles. The normalized spacial score (nSPS) is 12.0. The molecule has 196 valence electrons. The van der Waals surface area contributed by atoms with E-state index in [4.69, 9.17) is 0 Å². The van der Waals surface area contributed by atoms with Gasteiger partial charge in [-0.15, -0.1) is 11.3 Å². The minimum Gasteiger partial charge on any atom is -0.507 e. The van der Waals surface area contributed by atoms with E-state index in [0.717, 1.165) is 35.6 Å². The molecule has 4 aromatic rings. The number of phenolic OH excluding ortho intramolecular Hbond substituents is 1. The summed E-state index contributed by atoms with van der Waals surface area (Å²) >= 11 is 0.780. The third kappa shape index (κ3) is 5.12. The van der Waals surface area contributed by atoms with E-state index in [-0.39, 0.29) is 21.6 Å². The third-order valence-electron chi connectivity index (χ3n) is 5.55. The van der Waals surface area contributed by atoms with Crippen LogP contribution < -0.4 is 5.56 Å². The largest absolute Gasteiger partial charge is 0.507 e. The second kappa shape index (κ2) is 9.60. The SMILES string of the molecule is N#Cc1c(C(F)(F)F)cc(-c2cc(-c3ccc(O)c(C(F)(F)F)c3)cs2)n(Cc2ccc(F)cc2F)c1=O. The molecule has 4 nitrogen and oxygen atoms in total. The molecule has 0 spiro atoms. The Morgan fingerprint density at radius 2 is 1.58 bits per heavy atom. The van der Waals surface area contributed by atoms with E-state index in [2.05, 4.69) is 0 Å². The van der Waals surface area contributed by atoms with Crippen LogP contribution in [0.15, 0.2) is 58.7 Å². The zero-order valence-electron chi connectivity index (χ0n) is 18.6. The second-order valence-corrected chi connectivity index (χ2v) is 8.90. The van der Waals surface area contributed by atoms with Gasteiger partial charge in [-0.25, -0.2) is 8.78 Å². The lowest BCUT2D eigenvalue weighted by Gasteiger charge is -2.17. The van der Waals surface area contributed by atoms with Crippen molar-refractivity contribution >= 4 is 11.3 Å². The van der Waals surface area contributed by atoms with Crippen LogP contribution in [-0.4, -0.2) is 9.67 Å². The standard InChI is InChI=1S/C25H12F8N2O2S/c26-15-3-1-13(19(27)7-15)10-35-20(8-17(24(28,29)30)16(9-34)23(35)37)22-6-14(11-38-22)12-2-4-21(36)18(5-12)25(31,32)33/h1-8,11,36H,10H2. The van der Waals surface area contributed by atoms with E-state index in [1.54, 1.807) is 0 Å². The van der Waals surface area contributed by atoms with Gasteiger partial charge in [0.05, 0.1) is 28.2 Å². The number of hydrogen-bond donors (Lipinski definition) is 1. The van der Waals surface area contributed by atoms with Crippen molar-refractivity contribution in [1.82, 2.24) is 4.57 Å². The molecule has 0 saturated carbocycles. The lowest BCUT2D eigenvalue weighted by atomic mass is 10.0. The predicted molar refractivity (Wildman–Crippen MR) is 121 cm³/mol. The number of halogens is 8. The Morgan fingerprint density at radius 1 is 0.895 bits per heavy atom. The summed E-state index contributed by atoms with van der Waals surface area (Å²) in [5.74, 6) is -3.04. The molecule has 0 bridgehead atoms. The molecule has 4 rings (SSSR count).